The number of carbonyl (C=O) groups is 4. The molecule has 8 rings (SSSR count). The van der Waals surface area contributed by atoms with Crippen LogP contribution >= 0.6 is 0 Å². The van der Waals surface area contributed by atoms with E-state index in [0.717, 1.165) is 77.1 Å². The second-order valence-electron chi connectivity index (χ2n) is 16.1. The second-order valence-corrected chi connectivity index (χ2v) is 16.1. The number of hydrogen-bond acceptors (Lipinski definition) is 11. The standard InChI is InChI=1S/C42H51F2N9O5/c43-33-24-30(46-35-14-16-37(54)49-40(35)56)11-15-36(33)52-20-18-51(19-21-52)31-12-9-28(10-13-31)47-39(55)26-5-7-29(8-6-26)48-41-45-25-34(44)38(50-41)27-3-1-4-32(23-27)53-17-2-22-58-42(53)57/h1,3-4,11,15,23-26,28-29,31,35,46H,2,5-10,12-14,16-22H2,(H,47,55)(H,45,48,50)(H,49,54,56). The van der Waals surface area contributed by atoms with Crippen molar-refractivity contribution in [3.05, 3.63) is 60.3 Å². The number of imide groups is 1. The Hall–Kier alpha value is -5.38. The van der Waals surface area contributed by atoms with E-state index in [9.17, 15) is 23.6 Å². The lowest BCUT2D eigenvalue weighted by Crippen LogP contribution is -2.52. The summed E-state index contributed by atoms with van der Waals surface area (Å²) in [5, 5.41) is 12.1. The predicted molar refractivity (Wildman–Crippen MR) is 214 cm³/mol. The molecule has 0 bridgehead atoms. The monoisotopic (exact) mass is 799 g/mol. The lowest BCUT2D eigenvalue weighted by Gasteiger charge is -2.43. The highest BCUT2D eigenvalue weighted by Crippen LogP contribution is 2.32. The first kappa shape index (κ1) is 39.4. The Labute approximate surface area is 336 Å². The third-order valence-electron chi connectivity index (χ3n) is 12.3. The van der Waals surface area contributed by atoms with Crippen molar-refractivity contribution in [3.63, 3.8) is 0 Å². The molecule has 4 N–H and O–H groups in total. The van der Waals surface area contributed by atoms with Gasteiger partial charge in [-0.2, -0.15) is 0 Å². The van der Waals surface area contributed by atoms with Crippen LogP contribution in [0.2, 0.25) is 0 Å². The Bertz CT molecular complexity index is 2000. The molecule has 0 radical (unpaired) electrons. The number of nitrogens with one attached hydrogen (secondary N) is 4. The van der Waals surface area contributed by atoms with Crippen molar-refractivity contribution in [1.82, 2.24) is 25.5 Å². The SMILES string of the molecule is O=C1CCC(Nc2ccc(N3CCN(C4CCC(NC(=O)C5CCC(Nc6ncc(F)c(-c7cccc(N8CCCOC8=O)c7)n6)CC5)CC4)CC3)c(F)c2)C(=O)N1. The molecule has 58 heavy (non-hydrogen) atoms. The number of piperidine rings is 1. The van der Waals surface area contributed by atoms with Gasteiger partial charge in [-0.1, -0.05) is 12.1 Å². The van der Waals surface area contributed by atoms with Gasteiger partial charge in [0, 0.05) is 80.1 Å². The van der Waals surface area contributed by atoms with E-state index < -0.39 is 18.0 Å². The fraction of sp³-hybridized carbons (Fsp3) is 0.524. The average molecular weight is 800 g/mol. The Balaban J connectivity index is 0.754. The largest absolute Gasteiger partial charge is 0.449 e. The van der Waals surface area contributed by atoms with E-state index >= 15 is 4.39 Å². The predicted octanol–water partition coefficient (Wildman–Crippen LogP) is 5.21. The highest BCUT2D eigenvalue weighted by Gasteiger charge is 2.33. The van der Waals surface area contributed by atoms with E-state index in [1.54, 1.807) is 36.4 Å². The molecule has 3 aromatic rings. The minimum absolute atomic E-state index is 0.0551. The molecule has 16 heteroatoms. The number of rotatable bonds is 10. The van der Waals surface area contributed by atoms with Crippen LogP contribution in [0.15, 0.2) is 48.7 Å². The van der Waals surface area contributed by atoms with Crippen LogP contribution in [0.3, 0.4) is 0 Å². The summed E-state index contributed by atoms with van der Waals surface area (Å²) in [4.78, 5) is 64.0. The number of nitrogens with zero attached hydrogens (tertiary/aromatic N) is 5. The van der Waals surface area contributed by atoms with Crippen LogP contribution in [0.5, 0.6) is 0 Å². The molecule has 0 spiro atoms. The van der Waals surface area contributed by atoms with Crippen molar-refractivity contribution in [2.75, 3.05) is 59.8 Å². The number of ether oxygens (including phenoxy) is 1. The van der Waals surface area contributed by atoms with Gasteiger partial charge in [-0.25, -0.2) is 23.5 Å². The van der Waals surface area contributed by atoms with Crippen molar-refractivity contribution >= 4 is 46.8 Å². The minimum atomic E-state index is -0.562. The topological polar surface area (TPSA) is 161 Å². The number of halogens is 2. The number of hydrogen-bond donors (Lipinski definition) is 4. The van der Waals surface area contributed by atoms with Crippen molar-refractivity contribution in [3.8, 4) is 11.3 Å². The van der Waals surface area contributed by atoms with E-state index in [-0.39, 0.29) is 53.7 Å². The Kier molecular flexibility index (Phi) is 12.0. The molecule has 2 aromatic carbocycles. The van der Waals surface area contributed by atoms with Gasteiger partial charge in [0.15, 0.2) is 5.82 Å². The van der Waals surface area contributed by atoms with Crippen LogP contribution in [-0.4, -0.2) is 102 Å². The van der Waals surface area contributed by atoms with Crippen LogP contribution in [0.1, 0.15) is 70.6 Å². The number of piperazine rings is 1. The normalized spacial score (nSPS) is 25.8. The van der Waals surface area contributed by atoms with E-state index in [1.165, 1.54) is 11.0 Å². The number of amides is 4. The van der Waals surface area contributed by atoms with Gasteiger partial charge >= 0.3 is 6.09 Å². The number of carbonyl (C=O) groups excluding carboxylic acids is 4. The maximum Gasteiger partial charge on any atom is 0.414 e. The first-order valence-electron chi connectivity index (χ1n) is 20.7. The first-order valence-corrected chi connectivity index (χ1v) is 20.7. The summed E-state index contributed by atoms with van der Waals surface area (Å²) in [6.07, 6.45) is 8.99. The number of aromatic nitrogens is 2. The van der Waals surface area contributed by atoms with Gasteiger partial charge in [-0.15, -0.1) is 0 Å². The minimum Gasteiger partial charge on any atom is -0.449 e. The molecule has 2 aliphatic carbocycles. The Morgan fingerprint density at radius 2 is 1.60 bits per heavy atom. The molecule has 1 aromatic heterocycles. The van der Waals surface area contributed by atoms with Crippen molar-refractivity contribution < 1.29 is 32.7 Å². The van der Waals surface area contributed by atoms with E-state index in [2.05, 4.69) is 41.0 Å². The van der Waals surface area contributed by atoms with Crippen LogP contribution < -0.4 is 31.1 Å². The summed E-state index contributed by atoms with van der Waals surface area (Å²) < 4.78 is 35.3. The first-order chi connectivity index (χ1) is 28.2. The molecular formula is C42H51F2N9O5. The molecule has 2 saturated carbocycles. The summed E-state index contributed by atoms with van der Waals surface area (Å²) >= 11 is 0. The fourth-order valence-corrected chi connectivity index (χ4v) is 9.05. The molecule has 308 valence electrons. The maximum absolute atomic E-state index is 15.2. The molecule has 5 fully saturated rings. The fourth-order valence-electron chi connectivity index (χ4n) is 9.05. The van der Waals surface area contributed by atoms with E-state index in [0.29, 0.717) is 67.3 Å². The molecule has 3 saturated heterocycles. The van der Waals surface area contributed by atoms with Crippen molar-refractivity contribution in [1.29, 1.82) is 0 Å². The van der Waals surface area contributed by atoms with Crippen LogP contribution in [-0.2, 0) is 19.1 Å². The van der Waals surface area contributed by atoms with Gasteiger partial charge in [0.2, 0.25) is 23.7 Å². The molecular weight excluding hydrogens is 749 g/mol. The second kappa shape index (κ2) is 17.6. The van der Waals surface area contributed by atoms with Gasteiger partial charge in [-0.05, 0) is 94.5 Å². The van der Waals surface area contributed by atoms with Gasteiger partial charge in [0.1, 0.15) is 17.6 Å². The molecule has 3 aliphatic heterocycles. The summed E-state index contributed by atoms with van der Waals surface area (Å²) in [7, 11) is 0. The summed E-state index contributed by atoms with van der Waals surface area (Å²) in [5.41, 5.74) is 2.37. The zero-order valence-electron chi connectivity index (χ0n) is 32.6. The number of benzene rings is 2. The molecule has 1 unspecified atom stereocenters. The van der Waals surface area contributed by atoms with Gasteiger partial charge in [0.05, 0.1) is 18.5 Å². The van der Waals surface area contributed by atoms with Crippen LogP contribution in [0.25, 0.3) is 11.3 Å². The quantitative estimate of drug-likeness (QED) is 0.200. The number of anilines is 4. The molecule has 1 atom stereocenters. The number of cyclic esters (lactones) is 1. The smallest absolute Gasteiger partial charge is 0.414 e. The zero-order valence-corrected chi connectivity index (χ0v) is 32.6. The van der Waals surface area contributed by atoms with Crippen molar-refractivity contribution in [2.45, 2.75) is 94.8 Å². The molecule has 5 aliphatic rings. The lowest BCUT2D eigenvalue weighted by molar-refractivity contribution is -0.133. The average Bonchev–Trinajstić information content (AvgIpc) is 3.23. The third-order valence-corrected chi connectivity index (χ3v) is 12.3. The van der Waals surface area contributed by atoms with Crippen molar-refractivity contribution in [2.24, 2.45) is 5.92 Å². The van der Waals surface area contributed by atoms with E-state index in [1.807, 2.05) is 0 Å². The Morgan fingerprint density at radius 1 is 0.828 bits per heavy atom. The molecule has 4 amide bonds. The lowest BCUT2D eigenvalue weighted by atomic mass is 9.84. The third kappa shape index (κ3) is 9.16. The van der Waals surface area contributed by atoms with Gasteiger partial charge in [-0.3, -0.25) is 29.5 Å². The van der Waals surface area contributed by atoms with Crippen LogP contribution in [0, 0.1) is 17.6 Å². The Morgan fingerprint density at radius 3 is 2.34 bits per heavy atom. The zero-order chi connectivity index (χ0) is 40.2. The van der Waals surface area contributed by atoms with E-state index in [4.69, 9.17) is 4.74 Å². The van der Waals surface area contributed by atoms with Gasteiger partial charge in [0.25, 0.3) is 0 Å². The highest BCUT2D eigenvalue weighted by atomic mass is 19.1. The molecule has 14 nitrogen and oxygen atoms in total. The summed E-state index contributed by atoms with van der Waals surface area (Å²) in [6, 6.07) is 12.1. The van der Waals surface area contributed by atoms with Gasteiger partial charge < -0.3 is 25.6 Å². The summed E-state index contributed by atoms with van der Waals surface area (Å²) in [6.45, 7) is 4.02. The molecule has 4 heterocycles. The highest BCUT2D eigenvalue weighted by molar-refractivity contribution is 6.01. The maximum atomic E-state index is 15.2. The van der Waals surface area contributed by atoms with Crippen LogP contribution in [0.4, 0.5) is 36.6 Å². The summed E-state index contributed by atoms with van der Waals surface area (Å²) in [5.74, 6) is -1.18.